The molecule has 3 heterocycles. The molecule has 0 unspecified atom stereocenters. The van der Waals surface area contributed by atoms with Crippen molar-refractivity contribution >= 4 is 0 Å². The molecule has 1 aliphatic rings. The summed E-state index contributed by atoms with van der Waals surface area (Å²) in [6, 6.07) is 3.99. The molecule has 0 bridgehead atoms. The number of fused-ring (bicyclic) bond motifs is 1. The summed E-state index contributed by atoms with van der Waals surface area (Å²) >= 11 is 0. The summed E-state index contributed by atoms with van der Waals surface area (Å²) in [5, 5.41) is 17.9. The van der Waals surface area contributed by atoms with Gasteiger partial charge in [-0.3, -0.25) is 0 Å². The summed E-state index contributed by atoms with van der Waals surface area (Å²) < 4.78 is 12.6. The fraction of sp³-hybridized carbons (Fsp3) is 0.625. The molecule has 7 nitrogen and oxygen atoms in total. The van der Waals surface area contributed by atoms with Crippen LogP contribution in [0.25, 0.3) is 0 Å². The fourth-order valence-corrected chi connectivity index (χ4v) is 2.73. The van der Waals surface area contributed by atoms with Crippen molar-refractivity contribution in [3.05, 3.63) is 35.8 Å². The Hall–Kier alpha value is -1.70. The maximum atomic E-state index is 9.99. The van der Waals surface area contributed by atoms with Gasteiger partial charge in [-0.1, -0.05) is 6.92 Å². The zero-order chi connectivity index (χ0) is 16.1. The summed E-state index contributed by atoms with van der Waals surface area (Å²) in [4.78, 5) is 4.51. The summed E-state index contributed by atoms with van der Waals surface area (Å²) in [5.41, 5.74) is 0. The Morgan fingerprint density at radius 1 is 1.57 bits per heavy atom. The highest BCUT2D eigenvalue weighted by Crippen LogP contribution is 2.13. The van der Waals surface area contributed by atoms with E-state index in [0.29, 0.717) is 19.2 Å². The van der Waals surface area contributed by atoms with E-state index in [1.807, 2.05) is 16.8 Å². The van der Waals surface area contributed by atoms with Gasteiger partial charge in [0.15, 0.2) is 5.82 Å². The molecule has 0 aromatic carbocycles. The molecule has 2 aromatic rings. The highest BCUT2D eigenvalue weighted by molar-refractivity contribution is 4.98. The Labute approximate surface area is 135 Å². The van der Waals surface area contributed by atoms with E-state index in [1.54, 1.807) is 6.26 Å². The number of aliphatic hydroxyl groups excluding tert-OH is 1. The minimum atomic E-state index is -0.534. The highest BCUT2D eigenvalue weighted by Gasteiger charge is 2.21. The van der Waals surface area contributed by atoms with Crippen LogP contribution in [0.2, 0.25) is 0 Å². The Morgan fingerprint density at radius 3 is 3.26 bits per heavy atom. The molecular weight excluding hydrogens is 296 g/mol. The summed E-state index contributed by atoms with van der Waals surface area (Å²) in [5.74, 6) is 2.75. The number of nitrogens with one attached hydrogen (secondary N) is 1. The van der Waals surface area contributed by atoms with Crippen LogP contribution in [0.3, 0.4) is 0 Å². The van der Waals surface area contributed by atoms with Crippen molar-refractivity contribution in [1.82, 2.24) is 20.1 Å². The number of hydrogen-bond acceptors (Lipinski definition) is 6. The minimum Gasteiger partial charge on any atom is -0.467 e. The predicted molar refractivity (Wildman–Crippen MR) is 83.9 cm³/mol. The first kappa shape index (κ1) is 16.2. The lowest BCUT2D eigenvalue weighted by atomic mass is 10.1. The number of hydrogen-bond donors (Lipinski definition) is 2. The molecule has 0 aliphatic carbocycles. The van der Waals surface area contributed by atoms with E-state index in [1.165, 1.54) is 0 Å². The number of furan rings is 1. The first-order valence-corrected chi connectivity index (χ1v) is 8.18. The number of aliphatic hydroxyl groups is 1. The van der Waals surface area contributed by atoms with Crippen LogP contribution < -0.4 is 5.32 Å². The summed E-state index contributed by atoms with van der Waals surface area (Å²) in [6.07, 6.45) is 3.89. The zero-order valence-corrected chi connectivity index (χ0v) is 13.4. The van der Waals surface area contributed by atoms with Crippen LogP contribution in [-0.4, -0.2) is 45.2 Å². The molecule has 2 aromatic heterocycles. The Balaban J connectivity index is 1.37. The van der Waals surface area contributed by atoms with Crippen molar-refractivity contribution in [3.8, 4) is 0 Å². The molecular formula is C16H24N4O3. The van der Waals surface area contributed by atoms with E-state index in [9.17, 15) is 5.11 Å². The molecule has 7 heteroatoms. The lowest BCUT2D eigenvalue weighted by Gasteiger charge is -2.24. The van der Waals surface area contributed by atoms with Crippen LogP contribution in [-0.2, 0) is 30.7 Å². The maximum absolute atomic E-state index is 9.99. The maximum Gasteiger partial charge on any atom is 0.150 e. The molecule has 23 heavy (non-hydrogen) atoms. The third-order valence-electron chi connectivity index (χ3n) is 3.99. The first-order valence-electron chi connectivity index (χ1n) is 8.18. The SMILES string of the molecule is CCc1nc2n(n1)C[C@H](NC[C@@H](O)COCc1ccco1)CC2. The number of rotatable bonds is 8. The van der Waals surface area contributed by atoms with Crippen LogP contribution in [0.5, 0.6) is 0 Å². The standard InChI is InChI=1S/C16H24N4O3/c1-2-15-18-16-6-5-12(9-20(16)19-15)17-8-13(21)10-22-11-14-4-3-7-23-14/h3-4,7,12-13,17,21H,2,5-6,8-11H2,1H3/t12-,13-/m1/s1. The van der Waals surface area contributed by atoms with E-state index in [0.717, 1.165) is 43.2 Å². The second-order valence-corrected chi connectivity index (χ2v) is 5.87. The number of aromatic nitrogens is 3. The highest BCUT2D eigenvalue weighted by atomic mass is 16.5. The average molecular weight is 320 g/mol. The monoisotopic (exact) mass is 320 g/mol. The second-order valence-electron chi connectivity index (χ2n) is 5.87. The predicted octanol–water partition coefficient (Wildman–Crippen LogP) is 0.916. The Morgan fingerprint density at radius 2 is 2.48 bits per heavy atom. The van der Waals surface area contributed by atoms with Gasteiger partial charge in [0.05, 0.1) is 25.5 Å². The lowest BCUT2D eigenvalue weighted by Crippen LogP contribution is -2.42. The second kappa shape index (κ2) is 7.72. The van der Waals surface area contributed by atoms with Crippen molar-refractivity contribution in [2.24, 2.45) is 0 Å². The van der Waals surface area contributed by atoms with Gasteiger partial charge >= 0.3 is 0 Å². The van der Waals surface area contributed by atoms with Crippen molar-refractivity contribution in [3.63, 3.8) is 0 Å². The van der Waals surface area contributed by atoms with Gasteiger partial charge in [0.25, 0.3) is 0 Å². The fourth-order valence-electron chi connectivity index (χ4n) is 2.73. The van der Waals surface area contributed by atoms with E-state index in [4.69, 9.17) is 9.15 Å². The van der Waals surface area contributed by atoms with Crippen LogP contribution in [0, 0.1) is 0 Å². The van der Waals surface area contributed by atoms with Gasteiger partial charge in [-0.05, 0) is 18.6 Å². The largest absolute Gasteiger partial charge is 0.467 e. The summed E-state index contributed by atoms with van der Waals surface area (Å²) in [7, 11) is 0. The lowest BCUT2D eigenvalue weighted by molar-refractivity contribution is 0.0209. The smallest absolute Gasteiger partial charge is 0.150 e. The van der Waals surface area contributed by atoms with E-state index in [-0.39, 0.29) is 6.61 Å². The zero-order valence-electron chi connectivity index (χ0n) is 13.4. The van der Waals surface area contributed by atoms with Gasteiger partial charge in [-0.25, -0.2) is 9.67 Å². The van der Waals surface area contributed by atoms with Gasteiger partial charge in [0, 0.05) is 25.4 Å². The van der Waals surface area contributed by atoms with E-state index < -0.39 is 6.10 Å². The van der Waals surface area contributed by atoms with Crippen LogP contribution in [0.4, 0.5) is 0 Å². The first-order chi connectivity index (χ1) is 11.2. The van der Waals surface area contributed by atoms with Crippen LogP contribution in [0.1, 0.15) is 30.8 Å². The molecule has 0 fully saturated rings. The number of aryl methyl sites for hydroxylation is 2. The molecule has 0 saturated heterocycles. The van der Waals surface area contributed by atoms with Crippen LogP contribution in [0.15, 0.2) is 22.8 Å². The third kappa shape index (κ3) is 4.40. The average Bonchev–Trinajstić information content (AvgIpc) is 3.21. The molecule has 3 rings (SSSR count). The van der Waals surface area contributed by atoms with Crippen molar-refractivity contribution in [2.75, 3.05) is 13.2 Å². The van der Waals surface area contributed by atoms with Gasteiger partial charge in [-0.15, -0.1) is 0 Å². The molecule has 1 aliphatic heterocycles. The Bertz CT molecular complexity index is 596. The van der Waals surface area contributed by atoms with Crippen molar-refractivity contribution in [2.45, 2.75) is 51.5 Å². The Kier molecular flexibility index (Phi) is 5.43. The molecule has 126 valence electrons. The quantitative estimate of drug-likeness (QED) is 0.752. The van der Waals surface area contributed by atoms with Gasteiger partial charge in [0.1, 0.15) is 18.2 Å². The van der Waals surface area contributed by atoms with Crippen molar-refractivity contribution in [1.29, 1.82) is 0 Å². The molecule has 0 amide bonds. The molecule has 0 radical (unpaired) electrons. The number of nitrogens with zero attached hydrogens (tertiary/aromatic N) is 3. The van der Waals surface area contributed by atoms with E-state index in [2.05, 4.69) is 22.3 Å². The van der Waals surface area contributed by atoms with Gasteiger partial charge < -0.3 is 19.6 Å². The normalized spacial score (nSPS) is 18.8. The molecule has 2 atom stereocenters. The molecule has 2 N–H and O–H groups in total. The van der Waals surface area contributed by atoms with Crippen LogP contribution >= 0.6 is 0 Å². The third-order valence-corrected chi connectivity index (χ3v) is 3.99. The van der Waals surface area contributed by atoms with Gasteiger partial charge in [0.2, 0.25) is 0 Å². The topological polar surface area (TPSA) is 85.3 Å². The summed E-state index contributed by atoms with van der Waals surface area (Å²) in [6.45, 7) is 4.05. The van der Waals surface area contributed by atoms with Gasteiger partial charge in [-0.2, -0.15) is 5.10 Å². The van der Waals surface area contributed by atoms with Crippen molar-refractivity contribution < 1.29 is 14.3 Å². The molecule has 0 spiro atoms. The van der Waals surface area contributed by atoms with E-state index >= 15 is 0 Å². The number of ether oxygens (including phenoxy) is 1. The minimum absolute atomic E-state index is 0.287. The molecule has 0 saturated carbocycles.